The first-order valence-electron chi connectivity index (χ1n) is 6.10. The number of nitrogens with one attached hydrogen (secondary N) is 1. The Bertz CT molecular complexity index is 389. The Balaban J connectivity index is 1.93. The van der Waals surface area contributed by atoms with Crippen molar-refractivity contribution in [2.45, 2.75) is 45.3 Å². The number of carbonyl (C=O) groups is 1. The van der Waals surface area contributed by atoms with E-state index in [-0.39, 0.29) is 18.1 Å². The number of amides is 1. The number of ether oxygens (including phenoxy) is 1. The van der Waals surface area contributed by atoms with Crippen LogP contribution in [-0.2, 0) is 16.0 Å². The Morgan fingerprint density at radius 3 is 2.88 bits per heavy atom. The van der Waals surface area contributed by atoms with Crippen molar-refractivity contribution in [2.75, 3.05) is 5.32 Å². The fourth-order valence-electron chi connectivity index (χ4n) is 1.93. The van der Waals surface area contributed by atoms with E-state index < -0.39 is 0 Å². The fourth-order valence-corrected chi connectivity index (χ4v) is 1.93. The summed E-state index contributed by atoms with van der Waals surface area (Å²) in [4.78, 5) is 16.1. The summed E-state index contributed by atoms with van der Waals surface area (Å²) < 4.78 is 5.51. The van der Waals surface area contributed by atoms with Crippen molar-refractivity contribution in [1.29, 1.82) is 0 Å². The predicted molar refractivity (Wildman–Crippen MR) is 65.8 cm³/mol. The number of hydrogen-bond donors (Lipinski definition) is 1. The van der Waals surface area contributed by atoms with Gasteiger partial charge in [0.2, 0.25) is 0 Å². The van der Waals surface area contributed by atoms with Crippen LogP contribution in [0.3, 0.4) is 0 Å². The maximum Gasteiger partial charge on any atom is 0.253 e. The average Bonchev–Trinajstić information content (AvgIpc) is 2.77. The molecule has 4 heteroatoms. The lowest BCUT2D eigenvalue weighted by atomic mass is 10.2. The molecule has 1 N–H and O–H groups in total. The Kier molecular flexibility index (Phi) is 3.74. The van der Waals surface area contributed by atoms with Gasteiger partial charge in [0.25, 0.3) is 5.91 Å². The van der Waals surface area contributed by atoms with Gasteiger partial charge in [0.05, 0.1) is 18.0 Å². The van der Waals surface area contributed by atoms with E-state index >= 15 is 0 Å². The number of anilines is 1. The molecule has 1 amide bonds. The molecule has 1 fully saturated rings. The SMILES string of the molecule is CCc1ccc(NC(=O)[C@H]2CCC(C)O2)cn1. The van der Waals surface area contributed by atoms with Crippen LogP contribution in [0.2, 0.25) is 0 Å². The van der Waals surface area contributed by atoms with Crippen LogP contribution >= 0.6 is 0 Å². The number of aromatic nitrogens is 1. The van der Waals surface area contributed by atoms with Gasteiger partial charge in [-0.1, -0.05) is 6.92 Å². The molecule has 0 bridgehead atoms. The summed E-state index contributed by atoms with van der Waals surface area (Å²) in [6.07, 6.45) is 4.22. The van der Waals surface area contributed by atoms with E-state index in [9.17, 15) is 4.79 Å². The second kappa shape index (κ2) is 5.27. The summed E-state index contributed by atoms with van der Waals surface area (Å²) in [6.45, 7) is 4.04. The summed E-state index contributed by atoms with van der Waals surface area (Å²) in [5, 5.41) is 2.83. The van der Waals surface area contributed by atoms with E-state index in [0.717, 1.165) is 30.6 Å². The lowest BCUT2D eigenvalue weighted by Gasteiger charge is -2.11. The van der Waals surface area contributed by atoms with Crippen LogP contribution in [-0.4, -0.2) is 23.1 Å². The van der Waals surface area contributed by atoms with Crippen molar-refractivity contribution in [3.63, 3.8) is 0 Å². The summed E-state index contributed by atoms with van der Waals surface area (Å²) in [7, 11) is 0. The van der Waals surface area contributed by atoms with Gasteiger partial charge in [-0.2, -0.15) is 0 Å². The van der Waals surface area contributed by atoms with E-state index in [0.29, 0.717) is 0 Å². The zero-order chi connectivity index (χ0) is 12.3. The van der Waals surface area contributed by atoms with Gasteiger partial charge in [-0.05, 0) is 38.3 Å². The monoisotopic (exact) mass is 234 g/mol. The molecular weight excluding hydrogens is 216 g/mol. The quantitative estimate of drug-likeness (QED) is 0.871. The van der Waals surface area contributed by atoms with Crippen LogP contribution in [0.5, 0.6) is 0 Å². The predicted octanol–water partition coefficient (Wildman–Crippen LogP) is 2.15. The van der Waals surface area contributed by atoms with Gasteiger partial charge in [0, 0.05) is 5.69 Å². The maximum absolute atomic E-state index is 11.9. The zero-order valence-electron chi connectivity index (χ0n) is 10.3. The number of nitrogens with zero attached hydrogens (tertiary/aromatic N) is 1. The maximum atomic E-state index is 11.9. The van der Waals surface area contributed by atoms with E-state index in [4.69, 9.17) is 4.74 Å². The molecule has 1 aliphatic rings. The highest BCUT2D eigenvalue weighted by Crippen LogP contribution is 2.20. The molecule has 1 unspecified atom stereocenters. The second-order valence-electron chi connectivity index (χ2n) is 4.39. The third-order valence-corrected chi connectivity index (χ3v) is 2.98. The molecule has 1 aromatic heterocycles. The van der Waals surface area contributed by atoms with Gasteiger partial charge in [-0.15, -0.1) is 0 Å². The smallest absolute Gasteiger partial charge is 0.253 e. The van der Waals surface area contributed by atoms with Crippen molar-refractivity contribution in [2.24, 2.45) is 0 Å². The van der Waals surface area contributed by atoms with Crippen LogP contribution < -0.4 is 5.32 Å². The zero-order valence-corrected chi connectivity index (χ0v) is 10.3. The molecule has 0 saturated carbocycles. The molecule has 0 spiro atoms. The molecule has 4 nitrogen and oxygen atoms in total. The first-order chi connectivity index (χ1) is 8.19. The van der Waals surface area contributed by atoms with Crippen LogP contribution in [0.1, 0.15) is 32.4 Å². The fraction of sp³-hybridized carbons (Fsp3) is 0.538. The molecule has 0 aliphatic carbocycles. The van der Waals surface area contributed by atoms with Crippen molar-refractivity contribution in [1.82, 2.24) is 4.98 Å². The summed E-state index contributed by atoms with van der Waals surface area (Å²) in [5.74, 6) is -0.0691. The van der Waals surface area contributed by atoms with E-state index in [1.807, 2.05) is 26.0 Å². The first kappa shape index (κ1) is 12.0. The molecule has 2 heterocycles. The van der Waals surface area contributed by atoms with Crippen molar-refractivity contribution >= 4 is 11.6 Å². The molecule has 1 aromatic rings. The minimum Gasteiger partial charge on any atom is -0.365 e. The van der Waals surface area contributed by atoms with E-state index in [2.05, 4.69) is 10.3 Å². The third kappa shape index (κ3) is 3.03. The van der Waals surface area contributed by atoms with Gasteiger partial charge < -0.3 is 10.1 Å². The summed E-state index contributed by atoms with van der Waals surface area (Å²) in [6, 6.07) is 3.80. The summed E-state index contributed by atoms with van der Waals surface area (Å²) in [5.41, 5.74) is 1.75. The molecule has 0 aromatic carbocycles. The third-order valence-electron chi connectivity index (χ3n) is 2.98. The van der Waals surface area contributed by atoms with Crippen LogP contribution in [0.15, 0.2) is 18.3 Å². The van der Waals surface area contributed by atoms with E-state index in [1.54, 1.807) is 6.20 Å². The molecule has 92 valence electrons. The standard InChI is InChI=1S/C13H18N2O2/c1-3-10-5-6-11(8-14-10)15-13(16)12-7-4-9(2)17-12/h5-6,8-9,12H,3-4,7H2,1-2H3,(H,15,16)/t9?,12-/m1/s1. The van der Waals surface area contributed by atoms with Crippen molar-refractivity contribution < 1.29 is 9.53 Å². The highest BCUT2D eigenvalue weighted by molar-refractivity contribution is 5.94. The molecule has 1 saturated heterocycles. The number of rotatable bonds is 3. The Morgan fingerprint density at radius 2 is 2.35 bits per heavy atom. The van der Waals surface area contributed by atoms with Gasteiger partial charge in [0.15, 0.2) is 0 Å². The summed E-state index contributed by atoms with van der Waals surface area (Å²) >= 11 is 0. The Labute approximate surface area is 101 Å². The van der Waals surface area contributed by atoms with Crippen LogP contribution in [0.25, 0.3) is 0 Å². The highest BCUT2D eigenvalue weighted by Gasteiger charge is 2.28. The second-order valence-corrected chi connectivity index (χ2v) is 4.39. The molecule has 17 heavy (non-hydrogen) atoms. The minimum atomic E-state index is -0.309. The molecule has 2 rings (SSSR count). The molecule has 0 radical (unpaired) electrons. The highest BCUT2D eigenvalue weighted by atomic mass is 16.5. The Morgan fingerprint density at radius 1 is 1.53 bits per heavy atom. The van der Waals surface area contributed by atoms with Gasteiger partial charge in [-0.25, -0.2) is 0 Å². The number of hydrogen-bond acceptors (Lipinski definition) is 3. The number of carbonyl (C=O) groups excluding carboxylic acids is 1. The Hall–Kier alpha value is -1.42. The lowest BCUT2D eigenvalue weighted by molar-refractivity contribution is -0.126. The van der Waals surface area contributed by atoms with Crippen LogP contribution in [0, 0.1) is 0 Å². The van der Waals surface area contributed by atoms with Crippen molar-refractivity contribution in [3.05, 3.63) is 24.0 Å². The largest absolute Gasteiger partial charge is 0.365 e. The number of aryl methyl sites for hydroxylation is 1. The van der Waals surface area contributed by atoms with Gasteiger partial charge in [-0.3, -0.25) is 9.78 Å². The molecule has 2 atom stereocenters. The van der Waals surface area contributed by atoms with E-state index in [1.165, 1.54) is 0 Å². The topological polar surface area (TPSA) is 51.2 Å². The van der Waals surface area contributed by atoms with Crippen LogP contribution in [0.4, 0.5) is 5.69 Å². The molecular formula is C13H18N2O2. The minimum absolute atomic E-state index is 0.0691. The lowest BCUT2D eigenvalue weighted by Crippen LogP contribution is -2.27. The average molecular weight is 234 g/mol. The first-order valence-corrected chi connectivity index (χ1v) is 6.10. The number of pyridine rings is 1. The van der Waals surface area contributed by atoms with Crippen molar-refractivity contribution in [3.8, 4) is 0 Å². The molecule has 1 aliphatic heterocycles. The van der Waals surface area contributed by atoms with Gasteiger partial charge in [0.1, 0.15) is 6.10 Å². The van der Waals surface area contributed by atoms with Gasteiger partial charge >= 0.3 is 0 Å². The normalized spacial score (nSPS) is 23.6.